The van der Waals surface area contributed by atoms with Gasteiger partial charge in [-0.25, -0.2) is 30.7 Å². The fourth-order valence-electron chi connectivity index (χ4n) is 3.08. The Kier molecular flexibility index (Phi) is 6.85. The van der Waals surface area contributed by atoms with Gasteiger partial charge in [0, 0.05) is 24.6 Å². The largest absolute Gasteiger partial charge is 0.315 e. The Balaban J connectivity index is 0.00000261. The van der Waals surface area contributed by atoms with Gasteiger partial charge in [-0.1, -0.05) is 6.07 Å². The Morgan fingerprint density at radius 3 is 2.26 bits per heavy atom. The summed E-state index contributed by atoms with van der Waals surface area (Å²) >= 11 is 0. The van der Waals surface area contributed by atoms with Gasteiger partial charge in [-0.05, 0) is 42.8 Å². The Morgan fingerprint density at radius 1 is 0.963 bits per heavy atom. The Morgan fingerprint density at radius 2 is 1.63 bits per heavy atom. The van der Waals surface area contributed by atoms with Crippen LogP contribution < -0.4 is 10.0 Å². The minimum atomic E-state index is -4.20. The zero-order chi connectivity index (χ0) is 18.9. The van der Waals surface area contributed by atoms with Gasteiger partial charge in [0.1, 0.15) is 11.6 Å². The van der Waals surface area contributed by atoms with Crippen LogP contribution in [0.25, 0.3) is 0 Å². The van der Waals surface area contributed by atoms with Crippen molar-refractivity contribution in [2.75, 3.05) is 13.1 Å². The van der Waals surface area contributed by atoms with Crippen LogP contribution in [-0.4, -0.2) is 27.5 Å². The SMILES string of the molecule is Cl.O=S(=O)(NC1CNCCC1c1ccc(F)c(F)c1)c1cc(F)cc(F)c1. The van der Waals surface area contributed by atoms with E-state index in [-0.39, 0.29) is 19.0 Å². The first kappa shape index (κ1) is 21.6. The molecule has 2 unspecified atom stereocenters. The molecule has 1 fully saturated rings. The molecule has 1 aliphatic rings. The van der Waals surface area contributed by atoms with Gasteiger partial charge in [-0.3, -0.25) is 0 Å². The molecule has 2 atom stereocenters. The Hall–Kier alpha value is -1.68. The molecule has 10 heteroatoms. The number of hydrogen-bond acceptors (Lipinski definition) is 3. The van der Waals surface area contributed by atoms with Crippen molar-refractivity contribution in [3.05, 3.63) is 65.2 Å². The van der Waals surface area contributed by atoms with Crippen molar-refractivity contribution >= 4 is 22.4 Å². The van der Waals surface area contributed by atoms with Gasteiger partial charge >= 0.3 is 0 Å². The van der Waals surface area contributed by atoms with E-state index in [1.807, 2.05) is 0 Å². The molecule has 0 aliphatic carbocycles. The van der Waals surface area contributed by atoms with E-state index in [9.17, 15) is 26.0 Å². The van der Waals surface area contributed by atoms with Crippen molar-refractivity contribution in [3.8, 4) is 0 Å². The first-order chi connectivity index (χ1) is 12.3. The molecule has 3 rings (SSSR count). The van der Waals surface area contributed by atoms with Gasteiger partial charge in [0.25, 0.3) is 0 Å². The monoisotopic (exact) mass is 424 g/mol. The van der Waals surface area contributed by atoms with Crippen LogP contribution >= 0.6 is 12.4 Å². The smallest absolute Gasteiger partial charge is 0.241 e. The number of rotatable bonds is 4. The maximum Gasteiger partial charge on any atom is 0.241 e. The summed E-state index contributed by atoms with van der Waals surface area (Å²) in [7, 11) is -4.20. The number of nitrogens with one attached hydrogen (secondary N) is 2. The third-order valence-corrected chi connectivity index (χ3v) is 5.78. The van der Waals surface area contributed by atoms with Crippen LogP contribution in [0.4, 0.5) is 17.6 Å². The highest BCUT2D eigenvalue weighted by atomic mass is 35.5. The first-order valence-electron chi connectivity index (χ1n) is 7.90. The predicted molar refractivity (Wildman–Crippen MR) is 94.3 cm³/mol. The molecule has 4 nitrogen and oxygen atoms in total. The van der Waals surface area contributed by atoms with Crippen molar-refractivity contribution in [1.29, 1.82) is 0 Å². The molecular weight excluding hydrogens is 408 g/mol. The van der Waals surface area contributed by atoms with E-state index in [4.69, 9.17) is 0 Å². The molecular formula is C17H17ClF4N2O2S. The summed E-state index contributed by atoms with van der Waals surface area (Å²) in [4.78, 5) is -0.537. The number of benzene rings is 2. The lowest BCUT2D eigenvalue weighted by atomic mass is 9.86. The quantitative estimate of drug-likeness (QED) is 0.742. The van der Waals surface area contributed by atoms with Gasteiger partial charge < -0.3 is 5.32 Å². The topological polar surface area (TPSA) is 58.2 Å². The number of piperidine rings is 1. The molecule has 0 radical (unpaired) electrons. The van der Waals surface area contributed by atoms with Crippen LogP contribution in [0.3, 0.4) is 0 Å². The molecule has 1 aliphatic heterocycles. The summed E-state index contributed by atoms with van der Waals surface area (Å²) in [6.45, 7) is 0.803. The third-order valence-electron chi connectivity index (χ3n) is 4.31. The van der Waals surface area contributed by atoms with E-state index >= 15 is 0 Å². The van der Waals surface area contributed by atoms with E-state index in [2.05, 4.69) is 10.0 Å². The van der Waals surface area contributed by atoms with Crippen molar-refractivity contribution in [2.24, 2.45) is 0 Å². The zero-order valence-electron chi connectivity index (χ0n) is 13.9. The normalized spacial score (nSPS) is 20.1. The van der Waals surface area contributed by atoms with Crippen LogP contribution in [0, 0.1) is 23.3 Å². The molecule has 0 bridgehead atoms. The van der Waals surface area contributed by atoms with E-state index in [0.29, 0.717) is 36.7 Å². The van der Waals surface area contributed by atoms with E-state index in [0.717, 1.165) is 12.1 Å². The molecule has 0 amide bonds. The summed E-state index contributed by atoms with van der Waals surface area (Å²) in [5, 5.41) is 3.01. The first-order valence-corrected chi connectivity index (χ1v) is 9.39. The van der Waals surface area contributed by atoms with Crippen molar-refractivity contribution in [1.82, 2.24) is 10.0 Å². The van der Waals surface area contributed by atoms with Crippen LogP contribution in [0.5, 0.6) is 0 Å². The minimum absolute atomic E-state index is 0. The lowest BCUT2D eigenvalue weighted by Crippen LogP contribution is -2.49. The maximum absolute atomic E-state index is 13.5. The van der Waals surface area contributed by atoms with Crippen LogP contribution in [-0.2, 0) is 10.0 Å². The number of hydrogen-bond donors (Lipinski definition) is 2. The zero-order valence-corrected chi connectivity index (χ0v) is 15.5. The third kappa shape index (κ3) is 4.98. The number of halogens is 5. The molecule has 2 aromatic rings. The molecule has 27 heavy (non-hydrogen) atoms. The van der Waals surface area contributed by atoms with E-state index in [1.165, 1.54) is 6.07 Å². The fraction of sp³-hybridized carbons (Fsp3) is 0.294. The van der Waals surface area contributed by atoms with Crippen LogP contribution in [0.1, 0.15) is 17.9 Å². The van der Waals surface area contributed by atoms with Crippen LogP contribution in [0.15, 0.2) is 41.3 Å². The van der Waals surface area contributed by atoms with Crippen molar-refractivity contribution in [3.63, 3.8) is 0 Å². The molecule has 1 heterocycles. The average Bonchev–Trinajstić information content (AvgIpc) is 2.57. The highest BCUT2D eigenvalue weighted by molar-refractivity contribution is 7.89. The summed E-state index contributed by atoms with van der Waals surface area (Å²) in [5.41, 5.74) is 0.448. The molecule has 2 aromatic carbocycles. The van der Waals surface area contributed by atoms with Gasteiger partial charge in [0.2, 0.25) is 10.0 Å². The molecule has 1 saturated heterocycles. The molecule has 0 saturated carbocycles. The van der Waals surface area contributed by atoms with Crippen molar-refractivity contribution < 1.29 is 26.0 Å². The fourth-order valence-corrected chi connectivity index (χ4v) is 4.39. The molecule has 2 N–H and O–H groups in total. The van der Waals surface area contributed by atoms with E-state index < -0.39 is 50.1 Å². The highest BCUT2D eigenvalue weighted by Gasteiger charge is 2.31. The molecule has 148 valence electrons. The predicted octanol–water partition coefficient (Wildman–Crippen LogP) is 3.09. The van der Waals surface area contributed by atoms with Gasteiger partial charge in [-0.2, -0.15) is 0 Å². The van der Waals surface area contributed by atoms with Gasteiger partial charge in [-0.15, -0.1) is 12.4 Å². The second-order valence-electron chi connectivity index (χ2n) is 6.11. The van der Waals surface area contributed by atoms with E-state index in [1.54, 1.807) is 0 Å². The standard InChI is InChI=1S/C17H16F4N2O2S.ClH/c18-11-6-12(19)8-13(7-11)26(24,25)23-17-9-22-4-3-14(17)10-1-2-15(20)16(21)5-10;/h1-2,5-8,14,17,22-23H,3-4,9H2;1H. The Labute approximate surface area is 160 Å². The lowest BCUT2D eigenvalue weighted by molar-refractivity contribution is 0.376. The van der Waals surface area contributed by atoms with Gasteiger partial charge in [0.05, 0.1) is 4.90 Å². The summed E-state index contributed by atoms with van der Waals surface area (Å²) in [6.07, 6.45) is 0.482. The maximum atomic E-state index is 13.5. The minimum Gasteiger partial charge on any atom is -0.315 e. The average molecular weight is 425 g/mol. The summed E-state index contributed by atoms with van der Waals surface area (Å²) < 4.78 is 80.8. The number of sulfonamides is 1. The van der Waals surface area contributed by atoms with Crippen molar-refractivity contribution in [2.45, 2.75) is 23.3 Å². The Bertz CT molecular complexity index is 907. The second kappa shape index (κ2) is 8.55. The van der Waals surface area contributed by atoms with Crippen LogP contribution in [0.2, 0.25) is 0 Å². The van der Waals surface area contributed by atoms with Gasteiger partial charge in [0.15, 0.2) is 11.6 Å². The summed E-state index contributed by atoms with van der Waals surface area (Å²) in [6, 6.07) is 4.74. The second-order valence-corrected chi connectivity index (χ2v) is 7.82. The summed E-state index contributed by atoms with van der Waals surface area (Å²) in [5.74, 6) is -4.45. The molecule has 0 aromatic heterocycles. The molecule has 0 spiro atoms. The lowest BCUT2D eigenvalue weighted by Gasteiger charge is -2.33. The highest BCUT2D eigenvalue weighted by Crippen LogP contribution is 2.28.